The van der Waals surface area contributed by atoms with Crippen LogP contribution in [0.5, 0.6) is 0 Å². The SMILES string of the molecule is CC1(C)c2cc(N(c3ccc(-c4ccccc4)cc3)c3ccc(-c4ccccc4)cc3)ccc2-c2c(N(c3ccc(-c4ccccc4)cc3)c3ccc(-c4ccccc4)cc3)cccc21. The monoisotopic (exact) mass is 832 g/mol. The van der Waals surface area contributed by atoms with Gasteiger partial charge in [-0.2, -0.15) is 0 Å². The van der Waals surface area contributed by atoms with Crippen molar-refractivity contribution in [2.24, 2.45) is 0 Å². The lowest BCUT2D eigenvalue weighted by Crippen LogP contribution is -2.17. The average Bonchev–Trinajstić information content (AvgIpc) is 3.61. The van der Waals surface area contributed by atoms with Crippen LogP contribution in [0.1, 0.15) is 25.0 Å². The smallest absolute Gasteiger partial charge is 0.0543 e. The number of nitrogens with zero attached hydrogens (tertiary/aromatic N) is 2. The topological polar surface area (TPSA) is 6.48 Å². The van der Waals surface area contributed by atoms with Gasteiger partial charge in [-0.25, -0.2) is 0 Å². The van der Waals surface area contributed by atoms with Gasteiger partial charge >= 0.3 is 0 Å². The molecule has 0 heterocycles. The molecule has 65 heavy (non-hydrogen) atoms. The second kappa shape index (κ2) is 16.8. The average molecular weight is 833 g/mol. The molecule has 0 aliphatic heterocycles. The molecule has 0 radical (unpaired) electrons. The Balaban J connectivity index is 1.03. The van der Waals surface area contributed by atoms with Crippen molar-refractivity contribution in [2.75, 3.05) is 9.80 Å². The van der Waals surface area contributed by atoms with Gasteiger partial charge in [0.1, 0.15) is 0 Å². The van der Waals surface area contributed by atoms with Crippen molar-refractivity contribution in [2.45, 2.75) is 19.3 Å². The maximum Gasteiger partial charge on any atom is 0.0543 e. The highest BCUT2D eigenvalue weighted by molar-refractivity contribution is 5.96. The first-order valence-corrected chi connectivity index (χ1v) is 22.5. The summed E-state index contributed by atoms with van der Waals surface area (Å²) in [6, 6.07) is 92.4. The van der Waals surface area contributed by atoms with Gasteiger partial charge in [0.15, 0.2) is 0 Å². The van der Waals surface area contributed by atoms with Crippen molar-refractivity contribution in [3.05, 3.63) is 266 Å². The molecule has 1 aliphatic carbocycles. The van der Waals surface area contributed by atoms with Gasteiger partial charge in [-0.1, -0.05) is 202 Å². The van der Waals surface area contributed by atoms with Crippen LogP contribution in [-0.4, -0.2) is 0 Å². The third-order valence-electron chi connectivity index (χ3n) is 13.1. The van der Waals surface area contributed by atoms with E-state index in [1.54, 1.807) is 0 Å². The minimum Gasteiger partial charge on any atom is -0.310 e. The first-order valence-electron chi connectivity index (χ1n) is 22.5. The van der Waals surface area contributed by atoms with E-state index in [9.17, 15) is 0 Å². The molecule has 1 aliphatic rings. The van der Waals surface area contributed by atoms with Crippen LogP contribution in [0, 0.1) is 0 Å². The fourth-order valence-electron chi connectivity index (χ4n) is 9.69. The molecule has 10 aromatic carbocycles. The Hall–Kier alpha value is -8.20. The van der Waals surface area contributed by atoms with Crippen LogP contribution in [0.15, 0.2) is 255 Å². The largest absolute Gasteiger partial charge is 0.310 e. The summed E-state index contributed by atoms with van der Waals surface area (Å²) in [5, 5.41) is 0. The summed E-state index contributed by atoms with van der Waals surface area (Å²) in [6.07, 6.45) is 0. The van der Waals surface area contributed by atoms with Crippen molar-refractivity contribution in [1.82, 2.24) is 0 Å². The molecule has 0 saturated carbocycles. The Morgan fingerprint density at radius 1 is 0.262 bits per heavy atom. The zero-order chi connectivity index (χ0) is 43.7. The van der Waals surface area contributed by atoms with Crippen LogP contribution in [0.25, 0.3) is 55.6 Å². The highest BCUT2D eigenvalue weighted by atomic mass is 15.2. The lowest BCUT2D eigenvalue weighted by Gasteiger charge is -2.29. The summed E-state index contributed by atoms with van der Waals surface area (Å²) in [7, 11) is 0. The summed E-state index contributed by atoms with van der Waals surface area (Å²) < 4.78 is 0. The summed E-state index contributed by atoms with van der Waals surface area (Å²) in [5.74, 6) is 0. The van der Waals surface area contributed by atoms with Crippen LogP contribution in [0.2, 0.25) is 0 Å². The molecular weight excluding hydrogens is 785 g/mol. The Morgan fingerprint density at radius 3 is 0.954 bits per heavy atom. The van der Waals surface area contributed by atoms with E-state index >= 15 is 0 Å². The lowest BCUT2D eigenvalue weighted by atomic mass is 9.82. The standard InChI is InChI=1S/C63H48N2/c1-63(2)59-24-15-25-61(65(55-38-30-51(31-39-55)47-20-11-5-12-21-47)56-40-32-52(33-41-56)48-22-13-6-14-23-48)62(59)58-43-42-57(44-60(58)63)64(53-34-26-49(27-35-53)45-16-7-3-8-17-45)54-36-28-50(29-37-54)46-18-9-4-10-19-46/h3-44H,1-2H3. The molecule has 310 valence electrons. The predicted molar refractivity (Wildman–Crippen MR) is 275 cm³/mol. The molecule has 0 saturated heterocycles. The van der Waals surface area contributed by atoms with Crippen LogP contribution in [-0.2, 0) is 5.41 Å². The second-order valence-corrected chi connectivity index (χ2v) is 17.4. The molecular formula is C63H48N2. The number of fused-ring (bicyclic) bond motifs is 3. The maximum absolute atomic E-state index is 2.44. The first kappa shape index (κ1) is 39.6. The number of rotatable bonds is 10. The molecule has 0 bridgehead atoms. The zero-order valence-electron chi connectivity index (χ0n) is 36.6. The van der Waals surface area contributed by atoms with E-state index in [-0.39, 0.29) is 5.41 Å². The molecule has 0 N–H and O–H groups in total. The van der Waals surface area contributed by atoms with Crippen LogP contribution in [0.3, 0.4) is 0 Å². The van der Waals surface area contributed by atoms with E-state index in [2.05, 4.69) is 278 Å². The minimum atomic E-state index is -0.267. The Bertz CT molecular complexity index is 3050. The van der Waals surface area contributed by atoms with E-state index in [1.807, 2.05) is 0 Å². The molecule has 0 spiro atoms. The van der Waals surface area contributed by atoms with Crippen molar-refractivity contribution in [1.29, 1.82) is 0 Å². The molecule has 0 fully saturated rings. The van der Waals surface area contributed by atoms with Gasteiger partial charge in [0, 0.05) is 39.4 Å². The third-order valence-corrected chi connectivity index (χ3v) is 13.1. The quantitative estimate of drug-likeness (QED) is 0.135. The Labute approximate surface area is 383 Å². The second-order valence-electron chi connectivity index (χ2n) is 17.4. The third kappa shape index (κ3) is 7.49. The fourth-order valence-corrected chi connectivity index (χ4v) is 9.69. The highest BCUT2D eigenvalue weighted by Crippen LogP contribution is 2.55. The van der Waals surface area contributed by atoms with Crippen LogP contribution in [0.4, 0.5) is 34.1 Å². The van der Waals surface area contributed by atoms with Crippen LogP contribution >= 0.6 is 0 Å². The number of hydrogen-bond acceptors (Lipinski definition) is 2. The van der Waals surface area contributed by atoms with Gasteiger partial charge in [-0.05, 0) is 128 Å². The van der Waals surface area contributed by atoms with E-state index in [0.717, 1.165) is 34.1 Å². The molecule has 10 aromatic rings. The van der Waals surface area contributed by atoms with Gasteiger partial charge < -0.3 is 9.80 Å². The van der Waals surface area contributed by atoms with Gasteiger partial charge in [0.2, 0.25) is 0 Å². The number of anilines is 6. The van der Waals surface area contributed by atoms with Crippen molar-refractivity contribution in [3.8, 4) is 55.6 Å². The fraction of sp³-hybridized carbons (Fsp3) is 0.0476. The van der Waals surface area contributed by atoms with Crippen LogP contribution < -0.4 is 9.80 Å². The molecule has 0 aromatic heterocycles. The molecule has 0 amide bonds. The van der Waals surface area contributed by atoms with E-state index in [1.165, 1.54) is 66.8 Å². The predicted octanol–water partition coefficient (Wildman–Crippen LogP) is 17.6. The molecule has 2 nitrogen and oxygen atoms in total. The number of benzene rings is 10. The molecule has 11 rings (SSSR count). The lowest BCUT2D eigenvalue weighted by molar-refractivity contribution is 0.660. The normalized spacial score (nSPS) is 12.3. The van der Waals surface area contributed by atoms with Crippen molar-refractivity contribution in [3.63, 3.8) is 0 Å². The summed E-state index contributed by atoms with van der Waals surface area (Å²) in [5.41, 5.74) is 21.2. The zero-order valence-corrected chi connectivity index (χ0v) is 36.6. The highest BCUT2D eigenvalue weighted by Gasteiger charge is 2.38. The van der Waals surface area contributed by atoms with Crippen molar-refractivity contribution < 1.29 is 0 Å². The van der Waals surface area contributed by atoms with E-state index < -0.39 is 0 Å². The molecule has 0 unspecified atom stereocenters. The number of hydrogen-bond donors (Lipinski definition) is 0. The van der Waals surface area contributed by atoms with Gasteiger partial charge in [0.05, 0.1) is 5.69 Å². The molecule has 0 atom stereocenters. The minimum absolute atomic E-state index is 0.267. The summed E-state index contributed by atoms with van der Waals surface area (Å²) in [4.78, 5) is 4.84. The van der Waals surface area contributed by atoms with Gasteiger partial charge in [-0.15, -0.1) is 0 Å². The van der Waals surface area contributed by atoms with E-state index in [4.69, 9.17) is 0 Å². The Kier molecular flexibility index (Phi) is 10.3. The summed E-state index contributed by atoms with van der Waals surface area (Å²) >= 11 is 0. The van der Waals surface area contributed by atoms with Gasteiger partial charge in [0.25, 0.3) is 0 Å². The first-order chi connectivity index (χ1) is 32.0. The van der Waals surface area contributed by atoms with E-state index in [0.29, 0.717) is 0 Å². The maximum atomic E-state index is 2.44. The van der Waals surface area contributed by atoms with Crippen molar-refractivity contribution >= 4 is 34.1 Å². The molecule has 2 heteroatoms. The van der Waals surface area contributed by atoms with Gasteiger partial charge in [-0.3, -0.25) is 0 Å². The summed E-state index contributed by atoms with van der Waals surface area (Å²) in [6.45, 7) is 4.76. The Morgan fingerprint density at radius 2 is 0.585 bits per heavy atom.